The summed E-state index contributed by atoms with van der Waals surface area (Å²) in [4.78, 5) is 0. The smallest absolute Gasteiger partial charge is 0 e. The van der Waals surface area contributed by atoms with E-state index in [2.05, 4.69) is 0 Å². The van der Waals surface area contributed by atoms with Gasteiger partial charge in [-0.25, -0.2) is 0 Å². The Morgan fingerprint density at radius 3 is 1.00 bits per heavy atom. The summed E-state index contributed by atoms with van der Waals surface area (Å²) < 4.78 is 0. The molecule has 4 heteroatoms. The van der Waals surface area contributed by atoms with Crippen LogP contribution in [0.5, 0.6) is 0 Å². The monoisotopic (exact) mass is 202 g/mol. The van der Waals surface area contributed by atoms with E-state index in [-0.39, 0.29) is 67.7 Å². The predicted octanol–water partition coefficient (Wildman–Crippen LogP) is -1.19. The molecule has 0 atom stereocenters. The van der Waals surface area contributed by atoms with Crippen LogP contribution in [0, 0.1) is 0 Å². The molecule has 0 heterocycles. The van der Waals surface area contributed by atoms with Gasteiger partial charge < -0.3 is 0 Å². The number of hydrogen-bond acceptors (Lipinski definition) is 0. The number of hydrogen-bond donors (Lipinski definition) is 0. The zero-order chi connectivity index (χ0) is 0. The van der Waals surface area contributed by atoms with Crippen molar-refractivity contribution in [2.75, 3.05) is 0 Å². The van der Waals surface area contributed by atoms with Gasteiger partial charge >= 0.3 is 0 Å². The summed E-state index contributed by atoms with van der Waals surface area (Å²) in [5.74, 6) is 0. The molecule has 0 aromatic rings. The van der Waals surface area contributed by atoms with E-state index in [0.29, 0.717) is 0 Å². The molecule has 0 aromatic heterocycles. The van der Waals surface area contributed by atoms with Crippen molar-refractivity contribution in [2.45, 2.75) is 0 Å². The van der Waals surface area contributed by atoms with E-state index >= 15 is 0 Å². The Labute approximate surface area is 67.2 Å². The van der Waals surface area contributed by atoms with Crippen molar-refractivity contribution in [3.63, 3.8) is 0 Å². The second kappa shape index (κ2) is 19.7. The van der Waals surface area contributed by atoms with E-state index in [1.165, 1.54) is 0 Å². The van der Waals surface area contributed by atoms with Crippen LogP contribution in [0.4, 0.5) is 0 Å². The minimum atomic E-state index is 0. The van der Waals surface area contributed by atoms with Crippen LogP contribution in [-0.4, -0.2) is 17.4 Å². The van der Waals surface area contributed by atoms with Crippen LogP contribution in [0.2, 0.25) is 0 Å². The maximum absolute atomic E-state index is 0. The summed E-state index contributed by atoms with van der Waals surface area (Å²) in [6.45, 7) is 0. The van der Waals surface area contributed by atoms with Gasteiger partial charge in [0.05, 0.1) is 0 Å². The minimum Gasteiger partial charge on any atom is 0 e. The minimum absolute atomic E-state index is 0. The first-order valence-electron chi connectivity index (χ1n) is 0. The fourth-order valence-electron chi connectivity index (χ4n) is 0. The van der Waals surface area contributed by atoms with Gasteiger partial charge in [0.2, 0.25) is 0 Å². The van der Waals surface area contributed by atoms with Gasteiger partial charge in [0.15, 0.2) is 17.4 Å². The van der Waals surface area contributed by atoms with Gasteiger partial charge in [-0.3, -0.25) is 0 Å². The summed E-state index contributed by atoms with van der Waals surface area (Å²) in [6, 6.07) is 0. The SMILES string of the molecule is [AlH3].[Co].[Mn].[Ni]. The Morgan fingerprint density at radius 1 is 1.00 bits per heavy atom. The molecule has 0 amide bonds. The molecule has 0 saturated heterocycles. The Hall–Kier alpha value is 2.05. The van der Waals surface area contributed by atoms with Gasteiger partial charge in [0.1, 0.15) is 0 Å². The van der Waals surface area contributed by atoms with E-state index in [4.69, 9.17) is 0 Å². The second-order valence-corrected chi connectivity index (χ2v) is 0. The van der Waals surface area contributed by atoms with Gasteiger partial charge in [0, 0.05) is 50.3 Å². The molecule has 0 bridgehead atoms. The number of rotatable bonds is 0. The van der Waals surface area contributed by atoms with Crippen LogP contribution >= 0.6 is 0 Å². The van der Waals surface area contributed by atoms with E-state index in [9.17, 15) is 0 Å². The third-order valence-corrected chi connectivity index (χ3v) is 0. The molecule has 0 unspecified atom stereocenters. The Kier molecular flexibility index (Phi) is 181. The van der Waals surface area contributed by atoms with Crippen molar-refractivity contribution < 1.29 is 50.3 Å². The molecule has 0 fully saturated rings. The average molecular weight is 203 g/mol. The molecular formula is H3AlCoMnNi. The first-order valence-corrected chi connectivity index (χ1v) is 0. The molecule has 0 saturated carbocycles. The molecule has 0 aliphatic heterocycles. The van der Waals surface area contributed by atoms with Crippen LogP contribution < -0.4 is 0 Å². The molecule has 4 heavy (non-hydrogen) atoms. The van der Waals surface area contributed by atoms with Crippen molar-refractivity contribution in [1.82, 2.24) is 0 Å². The molecular weight excluding hydrogens is 200 g/mol. The third kappa shape index (κ3) is 8.96. The Balaban J connectivity index is 0. The summed E-state index contributed by atoms with van der Waals surface area (Å²) >= 11 is 0. The largest absolute Gasteiger partial charge is 0.187 e. The maximum Gasteiger partial charge on any atom is 0.187 e. The molecule has 0 aromatic carbocycles. The van der Waals surface area contributed by atoms with Gasteiger partial charge in [-0.1, -0.05) is 0 Å². The predicted molar refractivity (Wildman–Crippen MR) is 9.94 cm³/mol. The zero-order valence-corrected chi connectivity index (χ0v) is 4.24. The Morgan fingerprint density at radius 2 is 1.00 bits per heavy atom. The van der Waals surface area contributed by atoms with E-state index < -0.39 is 0 Å². The molecule has 0 rings (SSSR count). The van der Waals surface area contributed by atoms with Crippen LogP contribution in [0.1, 0.15) is 0 Å². The van der Waals surface area contributed by atoms with Crippen molar-refractivity contribution in [2.24, 2.45) is 0 Å². The fraction of sp³-hybridized carbons (Fsp3) is 0. The van der Waals surface area contributed by atoms with Crippen molar-refractivity contribution in [3.05, 3.63) is 0 Å². The summed E-state index contributed by atoms with van der Waals surface area (Å²) in [7, 11) is 0. The second-order valence-electron chi connectivity index (χ2n) is 0. The Bertz CT molecular complexity index is 8.00. The summed E-state index contributed by atoms with van der Waals surface area (Å²) in [5.41, 5.74) is 0. The first-order chi connectivity index (χ1) is 0. The molecule has 32 valence electrons. The van der Waals surface area contributed by atoms with E-state index in [1.54, 1.807) is 0 Å². The average Bonchev–Trinajstić information content (AvgIpc) is 0. The standard InChI is InChI=1S/Al.Co.Mn.Ni.3H. The molecule has 0 nitrogen and oxygen atoms in total. The van der Waals surface area contributed by atoms with Crippen molar-refractivity contribution >= 4 is 17.4 Å². The van der Waals surface area contributed by atoms with Gasteiger partial charge in [-0.05, 0) is 0 Å². The zero-order valence-electron chi connectivity index (χ0n) is 1.03. The van der Waals surface area contributed by atoms with Crippen LogP contribution in [0.3, 0.4) is 0 Å². The maximum atomic E-state index is 0. The normalized spacial score (nSPS) is 0. The topological polar surface area (TPSA) is 0 Å². The van der Waals surface area contributed by atoms with E-state index in [1.807, 2.05) is 0 Å². The van der Waals surface area contributed by atoms with Gasteiger partial charge in [-0.2, -0.15) is 0 Å². The first kappa shape index (κ1) is 36.7. The van der Waals surface area contributed by atoms with Gasteiger partial charge in [-0.15, -0.1) is 0 Å². The van der Waals surface area contributed by atoms with Crippen molar-refractivity contribution in [1.29, 1.82) is 0 Å². The summed E-state index contributed by atoms with van der Waals surface area (Å²) in [5, 5.41) is 0. The summed E-state index contributed by atoms with van der Waals surface area (Å²) in [6.07, 6.45) is 0. The van der Waals surface area contributed by atoms with Crippen LogP contribution in [0.15, 0.2) is 0 Å². The van der Waals surface area contributed by atoms with Crippen molar-refractivity contribution in [3.8, 4) is 0 Å². The molecule has 0 aliphatic carbocycles. The molecule has 0 aliphatic rings. The van der Waals surface area contributed by atoms with Crippen LogP contribution in [-0.2, 0) is 50.3 Å². The molecule has 2 radical (unpaired) electrons. The molecule has 0 N–H and O–H groups in total. The van der Waals surface area contributed by atoms with Gasteiger partial charge in [0.25, 0.3) is 0 Å². The third-order valence-electron chi connectivity index (χ3n) is 0. The van der Waals surface area contributed by atoms with E-state index in [0.717, 1.165) is 0 Å². The molecule has 0 spiro atoms. The fourth-order valence-corrected chi connectivity index (χ4v) is 0. The van der Waals surface area contributed by atoms with Crippen LogP contribution in [0.25, 0.3) is 0 Å². The quantitative estimate of drug-likeness (QED) is 0.434.